The lowest BCUT2D eigenvalue weighted by Gasteiger charge is -2.31. The first-order valence-corrected chi connectivity index (χ1v) is 5.68. The van der Waals surface area contributed by atoms with Crippen molar-refractivity contribution in [3.05, 3.63) is 17.5 Å². The number of ether oxygens (including phenoxy) is 2. The topological polar surface area (TPSA) is 85.0 Å². The average molecular weight is 256 g/mol. The number of hydrogen-bond acceptors (Lipinski definition) is 6. The molecule has 18 heavy (non-hydrogen) atoms. The molecule has 1 aromatic rings. The van der Waals surface area contributed by atoms with Crippen molar-refractivity contribution in [3.63, 3.8) is 0 Å². The molecule has 1 aromatic heterocycles. The second kappa shape index (κ2) is 5.94. The van der Waals surface area contributed by atoms with Crippen LogP contribution in [0.5, 0.6) is 0 Å². The van der Waals surface area contributed by atoms with Gasteiger partial charge in [0.2, 0.25) is 0 Å². The SMILES string of the molecule is COCc1cc(CN2CCOCC2C(=O)O)no1. The lowest BCUT2D eigenvalue weighted by atomic mass is 10.2. The zero-order chi connectivity index (χ0) is 13.0. The maximum Gasteiger partial charge on any atom is 0.323 e. The summed E-state index contributed by atoms with van der Waals surface area (Å²) in [7, 11) is 1.57. The van der Waals surface area contributed by atoms with E-state index >= 15 is 0 Å². The molecule has 0 bridgehead atoms. The van der Waals surface area contributed by atoms with E-state index in [1.165, 1.54) is 0 Å². The molecule has 0 spiro atoms. The van der Waals surface area contributed by atoms with E-state index in [0.717, 1.165) is 0 Å². The monoisotopic (exact) mass is 256 g/mol. The molecule has 0 aliphatic carbocycles. The fourth-order valence-corrected chi connectivity index (χ4v) is 1.90. The Kier molecular flexibility index (Phi) is 4.29. The molecular weight excluding hydrogens is 240 g/mol. The molecule has 1 saturated heterocycles. The van der Waals surface area contributed by atoms with Gasteiger partial charge in [0.15, 0.2) is 5.76 Å². The fraction of sp³-hybridized carbons (Fsp3) is 0.636. The molecular formula is C11H16N2O5. The van der Waals surface area contributed by atoms with Crippen molar-refractivity contribution in [2.24, 2.45) is 0 Å². The number of morpholine rings is 1. The van der Waals surface area contributed by atoms with Crippen LogP contribution in [0.2, 0.25) is 0 Å². The lowest BCUT2D eigenvalue weighted by Crippen LogP contribution is -2.49. The molecule has 2 rings (SSSR count). The van der Waals surface area contributed by atoms with E-state index < -0.39 is 12.0 Å². The summed E-state index contributed by atoms with van der Waals surface area (Å²) in [6.07, 6.45) is 0. The maximum atomic E-state index is 11.1. The Morgan fingerprint density at radius 1 is 1.72 bits per heavy atom. The summed E-state index contributed by atoms with van der Waals surface area (Å²) in [5, 5.41) is 13.0. The van der Waals surface area contributed by atoms with Crippen LogP contribution < -0.4 is 0 Å². The van der Waals surface area contributed by atoms with Gasteiger partial charge in [0, 0.05) is 26.3 Å². The minimum absolute atomic E-state index is 0.206. The Balaban J connectivity index is 1.99. The van der Waals surface area contributed by atoms with E-state index in [2.05, 4.69) is 5.16 Å². The smallest absolute Gasteiger partial charge is 0.323 e. The van der Waals surface area contributed by atoms with Gasteiger partial charge in [-0.25, -0.2) is 0 Å². The van der Waals surface area contributed by atoms with Crippen molar-refractivity contribution in [1.29, 1.82) is 0 Å². The maximum absolute atomic E-state index is 11.1. The quantitative estimate of drug-likeness (QED) is 0.800. The molecule has 7 nitrogen and oxygen atoms in total. The van der Waals surface area contributed by atoms with Crippen LogP contribution in [-0.4, -0.2) is 54.0 Å². The van der Waals surface area contributed by atoms with Crippen molar-refractivity contribution in [2.75, 3.05) is 26.9 Å². The molecule has 1 unspecified atom stereocenters. The first-order valence-electron chi connectivity index (χ1n) is 5.68. The average Bonchev–Trinajstić information content (AvgIpc) is 2.77. The van der Waals surface area contributed by atoms with Crippen molar-refractivity contribution in [2.45, 2.75) is 19.2 Å². The van der Waals surface area contributed by atoms with Gasteiger partial charge < -0.3 is 19.1 Å². The van der Waals surface area contributed by atoms with Crippen LogP contribution >= 0.6 is 0 Å². The second-order valence-electron chi connectivity index (χ2n) is 4.12. The van der Waals surface area contributed by atoms with Crippen LogP contribution in [0.25, 0.3) is 0 Å². The third-order valence-electron chi connectivity index (χ3n) is 2.78. The number of carboxylic acid groups (broad SMARTS) is 1. The van der Waals surface area contributed by atoms with Gasteiger partial charge in [-0.3, -0.25) is 9.69 Å². The zero-order valence-electron chi connectivity index (χ0n) is 10.2. The molecule has 0 aromatic carbocycles. The third-order valence-corrected chi connectivity index (χ3v) is 2.78. The molecule has 1 aliphatic heterocycles. The van der Waals surface area contributed by atoms with Gasteiger partial charge in [-0.05, 0) is 0 Å². The Morgan fingerprint density at radius 2 is 2.56 bits per heavy atom. The lowest BCUT2D eigenvalue weighted by molar-refractivity contribution is -0.150. The molecule has 100 valence electrons. The van der Waals surface area contributed by atoms with E-state index in [9.17, 15) is 4.79 Å². The molecule has 1 N–H and O–H groups in total. The Morgan fingerprint density at radius 3 is 3.28 bits per heavy atom. The minimum atomic E-state index is -0.879. The molecule has 7 heteroatoms. The van der Waals surface area contributed by atoms with Crippen molar-refractivity contribution < 1.29 is 23.9 Å². The van der Waals surface area contributed by atoms with Crippen LogP contribution in [0.4, 0.5) is 0 Å². The van der Waals surface area contributed by atoms with Gasteiger partial charge in [0.05, 0.1) is 18.9 Å². The van der Waals surface area contributed by atoms with E-state index in [0.29, 0.717) is 37.8 Å². The van der Waals surface area contributed by atoms with E-state index in [4.69, 9.17) is 19.1 Å². The van der Waals surface area contributed by atoms with Crippen LogP contribution in [0.1, 0.15) is 11.5 Å². The minimum Gasteiger partial charge on any atom is -0.480 e. The van der Waals surface area contributed by atoms with Gasteiger partial charge >= 0.3 is 5.97 Å². The number of carbonyl (C=O) groups is 1. The molecule has 0 saturated carbocycles. The Labute approximate surface area is 104 Å². The van der Waals surface area contributed by atoms with Crippen molar-refractivity contribution in [1.82, 2.24) is 10.1 Å². The summed E-state index contributed by atoms with van der Waals surface area (Å²) in [6, 6.07) is 1.15. The summed E-state index contributed by atoms with van der Waals surface area (Å²) in [5.74, 6) is -0.247. The van der Waals surface area contributed by atoms with Crippen LogP contribution in [-0.2, 0) is 27.4 Å². The van der Waals surface area contributed by atoms with E-state index in [1.54, 1.807) is 13.2 Å². The number of aromatic nitrogens is 1. The van der Waals surface area contributed by atoms with Gasteiger partial charge in [0.1, 0.15) is 12.6 Å². The molecule has 1 atom stereocenters. The molecule has 1 aliphatic rings. The van der Waals surface area contributed by atoms with Gasteiger partial charge in [0.25, 0.3) is 0 Å². The molecule has 2 heterocycles. The third kappa shape index (κ3) is 3.06. The highest BCUT2D eigenvalue weighted by Crippen LogP contribution is 2.13. The second-order valence-corrected chi connectivity index (χ2v) is 4.12. The highest BCUT2D eigenvalue weighted by atomic mass is 16.5. The van der Waals surface area contributed by atoms with Gasteiger partial charge in [-0.15, -0.1) is 0 Å². The number of hydrogen-bond donors (Lipinski definition) is 1. The largest absolute Gasteiger partial charge is 0.480 e. The first kappa shape index (κ1) is 13.0. The number of methoxy groups -OCH3 is 1. The predicted octanol–water partition coefficient (Wildman–Crippen LogP) is 0.106. The van der Waals surface area contributed by atoms with Crippen LogP contribution in [0.3, 0.4) is 0 Å². The Hall–Kier alpha value is -1.44. The molecule has 0 amide bonds. The fourth-order valence-electron chi connectivity index (χ4n) is 1.90. The van der Waals surface area contributed by atoms with Crippen LogP contribution in [0.15, 0.2) is 10.6 Å². The zero-order valence-corrected chi connectivity index (χ0v) is 10.2. The van der Waals surface area contributed by atoms with Crippen molar-refractivity contribution >= 4 is 5.97 Å². The summed E-state index contributed by atoms with van der Waals surface area (Å²) in [4.78, 5) is 12.9. The van der Waals surface area contributed by atoms with E-state index in [-0.39, 0.29) is 6.61 Å². The standard InChI is InChI=1S/C11H16N2O5/c1-16-6-9-4-8(12-18-9)5-13-2-3-17-7-10(13)11(14)15/h4,10H,2-3,5-7H2,1H3,(H,14,15). The number of carboxylic acids is 1. The number of aliphatic carboxylic acids is 1. The normalized spacial score (nSPS) is 21.1. The number of rotatable bonds is 5. The number of nitrogens with zero attached hydrogens (tertiary/aromatic N) is 2. The first-order chi connectivity index (χ1) is 8.70. The van der Waals surface area contributed by atoms with E-state index in [1.807, 2.05) is 4.90 Å². The predicted molar refractivity (Wildman–Crippen MR) is 59.9 cm³/mol. The summed E-state index contributed by atoms with van der Waals surface area (Å²) >= 11 is 0. The summed E-state index contributed by atoms with van der Waals surface area (Å²) in [5.41, 5.74) is 0.704. The van der Waals surface area contributed by atoms with Crippen molar-refractivity contribution in [3.8, 4) is 0 Å². The van der Waals surface area contributed by atoms with Crippen LogP contribution in [0, 0.1) is 0 Å². The highest BCUT2D eigenvalue weighted by Gasteiger charge is 2.29. The molecule has 1 fully saturated rings. The Bertz CT molecular complexity index is 406. The van der Waals surface area contributed by atoms with Gasteiger partial charge in [-0.1, -0.05) is 5.16 Å². The highest BCUT2D eigenvalue weighted by molar-refractivity contribution is 5.73. The molecule has 0 radical (unpaired) electrons. The summed E-state index contributed by atoms with van der Waals surface area (Å²) < 4.78 is 15.2. The summed E-state index contributed by atoms with van der Waals surface area (Å²) in [6.45, 7) is 2.11. The van der Waals surface area contributed by atoms with Gasteiger partial charge in [-0.2, -0.15) is 0 Å².